The first-order valence-electron chi connectivity index (χ1n) is 4.23. The number of rotatable bonds is 0. The van der Waals surface area contributed by atoms with Crippen molar-refractivity contribution in [1.29, 1.82) is 0 Å². The second-order valence-electron chi connectivity index (χ2n) is 2.63. The van der Waals surface area contributed by atoms with E-state index in [0.717, 1.165) is 0 Å². The van der Waals surface area contributed by atoms with Crippen molar-refractivity contribution in [2.75, 3.05) is 0 Å². The Labute approximate surface area is 106 Å². The molecule has 76 valence electrons. The summed E-state index contributed by atoms with van der Waals surface area (Å²) in [5.41, 5.74) is 0. The first-order valence-corrected chi connectivity index (χ1v) is 4.23. The Bertz CT molecular complexity index is 311. The summed E-state index contributed by atoms with van der Waals surface area (Å²) < 4.78 is 0. The van der Waals surface area contributed by atoms with Gasteiger partial charge in [-0.1, -0.05) is 60.7 Å². The monoisotopic (exact) mass is 316 g/mol. The second-order valence-corrected chi connectivity index (χ2v) is 2.63. The van der Waals surface area contributed by atoms with Gasteiger partial charge in [-0.3, -0.25) is 0 Å². The fourth-order valence-electron chi connectivity index (χ4n) is 0.841. The molecule has 0 heterocycles. The zero-order valence-corrected chi connectivity index (χ0v) is 10.3. The molecule has 0 saturated heterocycles. The number of benzene rings is 2. The fraction of sp³-hybridized carbons (Fsp3) is 0. The smallest absolute Gasteiger partial charge is 0.872 e. The molecule has 2 rings (SSSR count). The summed E-state index contributed by atoms with van der Waals surface area (Å²) in [6.07, 6.45) is 0. The van der Waals surface area contributed by atoms with Crippen LogP contribution in [-0.2, 0) is 0 Å². The van der Waals surface area contributed by atoms with Gasteiger partial charge in [0, 0.05) is 0 Å². The van der Waals surface area contributed by atoms with Gasteiger partial charge in [0.2, 0.25) is 0 Å². The van der Waals surface area contributed by atoms with Gasteiger partial charge in [0.1, 0.15) is 0 Å². The van der Waals surface area contributed by atoms with Crippen LogP contribution in [0.3, 0.4) is 0 Å². The van der Waals surface area contributed by atoms with E-state index < -0.39 is 0 Å². The maximum Gasteiger partial charge on any atom is 2.00 e. The van der Waals surface area contributed by atoms with E-state index in [4.69, 9.17) is 0 Å². The summed E-state index contributed by atoms with van der Waals surface area (Å²) in [6.45, 7) is 0. The summed E-state index contributed by atoms with van der Waals surface area (Å²) >= 11 is 0. The summed E-state index contributed by atoms with van der Waals surface area (Å²) in [4.78, 5) is 0. The third kappa shape index (κ3) is 6.84. The Morgan fingerprint density at radius 2 is 0.800 bits per heavy atom. The topological polar surface area (TPSA) is 46.1 Å². The molecule has 15 heavy (non-hydrogen) atoms. The van der Waals surface area contributed by atoms with E-state index in [1.165, 1.54) is 24.3 Å². The molecule has 0 aliphatic carbocycles. The molecule has 2 aromatic carbocycles. The minimum absolute atomic E-state index is 0. The molecular weight excluding hydrogens is 304 g/mol. The van der Waals surface area contributed by atoms with E-state index in [1.807, 2.05) is 12.1 Å². The van der Waals surface area contributed by atoms with Crippen molar-refractivity contribution >= 4 is 23.7 Å². The van der Waals surface area contributed by atoms with Crippen molar-refractivity contribution in [2.24, 2.45) is 0 Å². The van der Waals surface area contributed by atoms with Gasteiger partial charge in [-0.25, -0.2) is 0 Å². The van der Waals surface area contributed by atoms with E-state index in [0.29, 0.717) is 0 Å². The Morgan fingerprint density at radius 3 is 0.933 bits per heavy atom. The summed E-state index contributed by atoms with van der Waals surface area (Å²) in [7, 11) is 0. The number of hydrogen-bond donors (Lipinski definition) is 0. The molecule has 0 amide bonds. The van der Waals surface area contributed by atoms with Crippen LogP contribution in [-0.4, -0.2) is 23.7 Å². The first-order chi connectivity index (χ1) is 6.79. The summed E-state index contributed by atoms with van der Waals surface area (Å²) in [5.74, 6) is 0.144. The zero-order chi connectivity index (χ0) is 10.2. The van der Waals surface area contributed by atoms with Crippen LogP contribution in [0.1, 0.15) is 0 Å². The average Bonchev–Trinajstić information content (AvgIpc) is 2.21. The van der Waals surface area contributed by atoms with Crippen LogP contribution in [0, 0.1) is 0 Å². The average molecular weight is 314 g/mol. The van der Waals surface area contributed by atoms with E-state index in [-0.39, 0.29) is 35.2 Å². The van der Waals surface area contributed by atoms with Gasteiger partial charge in [0.05, 0.1) is 0 Å². The molecule has 0 saturated carbocycles. The minimum atomic E-state index is 0. The third-order valence-electron chi connectivity index (χ3n) is 1.49. The minimum Gasteiger partial charge on any atom is -0.872 e. The standard InChI is InChI=1S/2C6H6O.Te/c2*7-6-4-2-1-3-5-6;/h2*1-5,7H;/q;;+2/p-2. The van der Waals surface area contributed by atoms with Gasteiger partial charge in [-0.2, -0.15) is 0 Å². The van der Waals surface area contributed by atoms with Gasteiger partial charge in [0.15, 0.2) is 0 Å². The van der Waals surface area contributed by atoms with E-state index in [9.17, 15) is 10.2 Å². The number of hydrogen-bond acceptors (Lipinski definition) is 2. The van der Waals surface area contributed by atoms with Crippen LogP contribution in [0.5, 0.6) is 11.5 Å². The van der Waals surface area contributed by atoms with E-state index >= 15 is 0 Å². The van der Waals surface area contributed by atoms with Gasteiger partial charge < -0.3 is 10.2 Å². The molecule has 0 unspecified atom stereocenters. The van der Waals surface area contributed by atoms with Crippen molar-refractivity contribution in [3.8, 4) is 11.5 Å². The maximum atomic E-state index is 10.3. The van der Waals surface area contributed by atoms with E-state index in [2.05, 4.69) is 0 Å². The van der Waals surface area contributed by atoms with Crippen molar-refractivity contribution in [3.63, 3.8) is 0 Å². The third-order valence-corrected chi connectivity index (χ3v) is 1.49. The second kappa shape index (κ2) is 8.16. The Morgan fingerprint density at radius 1 is 0.533 bits per heavy atom. The predicted octanol–water partition coefficient (Wildman–Crippen LogP) is 1.14. The molecule has 0 aliphatic rings. The van der Waals surface area contributed by atoms with Gasteiger partial charge >= 0.3 is 23.7 Å². The molecule has 2 aromatic rings. The predicted molar refractivity (Wildman–Crippen MR) is 57.5 cm³/mol. The van der Waals surface area contributed by atoms with Crippen molar-refractivity contribution in [1.82, 2.24) is 0 Å². The molecule has 3 heteroatoms. The van der Waals surface area contributed by atoms with Crippen LogP contribution in [0.2, 0.25) is 0 Å². The molecular formula is C12H10O2Te. The van der Waals surface area contributed by atoms with Gasteiger partial charge in [-0.05, 0) is 0 Å². The Hall–Kier alpha value is -1.17. The Balaban J connectivity index is 0.000000245. The SMILES string of the molecule is [O-]c1ccccc1.[O-]c1ccccc1.[Te+2]. The van der Waals surface area contributed by atoms with Crippen molar-refractivity contribution < 1.29 is 10.2 Å². The molecule has 0 spiro atoms. The molecule has 2 nitrogen and oxygen atoms in total. The number of para-hydroxylation sites is 2. The van der Waals surface area contributed by atoms with Gasteiger partial charge in [0.25, 0.3) is 0 Å². The molecule has 0 aliphatic heterocycles. The first kappa shape index (κ1) is 13.8. The largest absolute Gasteiger partial charge is 2.00 e. The molecule has 0 fully saturated rings. The van der Waals surface area contributed by atoms with Gasteiger partial charge in [-0.15, -0.1) is 11.5 Å². The molecule has 4 radical (unpaired) electrons. The quantitative estimate of drug-likeness (QED) is 0.685. The maximum absolute atomic E-state index is 10.3. The van der Waals surface area contributed by atoms with E-state index in [1.54, 1.807) is 24.3 Å². The van der Waals surface area contributed by atoms with Crippen LogP contribution in [0.25, 0.3) is 0 Å². The molecule has 0 atom stereocenters. The molecule has 0 aromatic heterocycles. The van der Waals surface area contributed by atoms with Crippen LogP contribution in [0.15, 0.2) is 60.7 Å². The van der Waals surface area contributed by atoms with Crippen LogP contribution in [0.4, 0.5) is 0 Å². The summed E-state index contributed by atoms with van der Waals surface area (Å²) in [5, 5.41) is 20.5. The fourth-order valence-corrected chi connectivity index (χ4v) is 0.841. The Kier molecular flexibility index (Phi) is 7.53. The van der Waals surface area contributed by atoms with Crippen LogP contribution >= 0.6 is 0 Å². The van der Waals surface area contributed by atoms with Crippen LogP contribution < -0.4 is 10.2 Å². The van der Waals surface area contributed by atoms with Crippen molar-refractivity contribution in [3.05, 3.63) is 60.7 Å². The van der Waals surface area contributed by atoms with Crippen molar-refractivity contribution in [2.45, 2.75) is 0 Å². The summed E-state index contributed by atoms with van der Waals surface area (Å²) in [6, 6.07) is 16.7. The molecule has 0 bridgehead atoms. The molecule has 0 N–H and O–H groups in total. The zero-order valence-electron chi connectivity index (χ0n) is 8.00. The normalized spacial score (nSPS) is 8.00.